The summed E-state index contributed by atoms with van der Waals surface area (Å²) in [7, 11) is 2.36. The zero-order chi connectivity index (χ0) is 16.0. The largest absolute Gasteiger partial charge is 0.329 e. The molecule has 1 rings (SSSR count). The number of nitrogens with two attached hydrogens (primary N) is 1. The van der Waals surface area contributed by atoms with Crippen LogP contribution in [0.1, 0.15) is 79.6 Å². The van der Waals surface area contributed by atoms with E-state index in [-0.39, 0.29) is 5.54 Å². The van der Waals surface area contributed by atoms with Crippen LogP contribution < -0.4 is 5.73 Å². The minimum Gasteiger partial charge on any atom is -0.329 e. The molecule has 0 heterocycles. The summed E-state index contributed by atoms with van der Waals surface area (Å²) >= 11 is 0. The summed E-state index contributed by atoms with van der Waals surface area (Å²) in [5.74, 6) is 2.39. The topological polar surface area (TPSA) is 29.3 Å². The summed E-state index contributed by atoms with van der Waals surface area (Å²) in [6, 6.07) is 0.744. The highest BCUT2D eigenvalue weighted by Crippen LogP contribution is 2.36. The molecule has 126 valence electrons. The minimum atomic E-state index is 0.200. The lowest BCUT2D eigenvalue weighted by Gasteiger charge is -2.49. The molecule has 2 nitrogen and oxygen atoms in total. The van der Waals surface area contributed by atoms with Gasteiger partial charge in [-0.05, 0) is 63.3 Å². The molecule has 0 amide bonds. The summed E-state index contributed by atoms with van der Waals surface area (Å²) in [4.78, 5) is 2.69. The van der Waals surface area contributed by atoms with E-state index in [2.05, 4.69) is 46.6 Å². The fraction of sp³-hybridized carbons (Fsp3) is 1.00. The molecular weight excluding hydrogens is 256 g/mol. The van der Waals surface area contributed by atoms with E-state index in [0.717, 1.165) is 18.5 Å². The molecule has 1 saturated carbocycles. The van der Waals surface area contributed by atoms with E-state index in [1.165, 1.54) is 44.9 Å². The fourth-order valence-electron chi connectivity index (χ4n) is 4.53. The maximum absolute atomic E-state index is 6.32. The Morgan fingerprint density at radius 2 is 1.48 bits per heavy atom. The first kappa shape index (κ1) is 19.0. The monoisotopic (exact) mass is 296 g/mol. The lowest BCUT2D eigenvalue weighted by molar-refractivity contribution is 0.0192. The van der Waals surface area contributed by atoms with Crippen molar-refractivity contribution in [3.8, 4) is 0 Å². The van der Waals surface area contributed by atoms with Gasteiger partial charge >= 0.3 is 0 Å². The molecule has 0 aliphatic heterocycles. The van der Waals surface area contributed by atoms with Crippen LogP contribution in [0.3, 0.4) is 0 Å². The van der Waals surface area contributed by atoms with Crippen molar-refractivity contribution in [2.45, 2.75) is 91.1 Å². The van der Waals surface area contributed by atoms with E-state index in [1.807, 2.05) is 0 Å². The maximum Gasteiger partial charge on any atom is 0.0336 e. The predicted octanol–water partition coefficient (Wildman–Crippen LogP) is 4.68. The first-order valence-electron chi connectivity index (χ1n) is 9.27. The van der Waals surface area contributed by atoms with Crippen molar-refractivity contribution < 1.29 is 0 Å². The summed E-state index contributed by atoms with van der Waals surface area (Å²) < 4.78 is 0. The first-order chi connectivity index (χ1) is 9.84. The minimum absolute atomic E-state index is 0.200. The zero-order valence-electron chi connectivity index (χ0n) is 15.5. The maximum atomic E-state index is 6.32. The van der Waals surface area contributed by atoms with E-state index in [0.29, 0.717) is 11.8 Å². The van der Waals surface area contributed by atoms with Gasteiger partial charge in [0.1, 0.15) is 0 Å². The normalized spacial score (nSPS) is 24.3. The highest BCUT2D eigenvalue weighted by Gasteiger charge is 2.38. The van der Waals surface area contributed by atoms with Crippen LogP contribution in [0.15, 0.2) is 0 Å². The Morgan fingerprint density at radius 3 is 1.81 bits per heavy atom. The Morgan fingerprint density at radius 1 is 1.00 bits per heavy atom. The summed E-state index contributed by atoms with van der Waals surface area (Å²) in [5.41, 5.74) is 6.52. The second kappa shape index (κ2) is 8.53. The number of hydrogen-bond donors (Lipinski definition) is 1. The van der Waals surface area contributed by atoms with Crippen LogP contribution in [0.4, 0.5) is 0 Å². The molecule has 2 N–H and O–H groups in total. The van der Waals surface area contributed by atoms with Crippen LogP contribution in [-0.4, -0.2) is 30.1 Å². The van der Waals surface area contributed by atoms with E-state index < -0.39 is 0 Å². The Balaban J connectivity index is 2.81. The molecule has 1 aliphatic carbocycles. The van der Waals surface area contributed by atoms with Gasteiger partial charge in [-0.2, -0.15) is 0 Å². The molecule has 1 fully saturated rings. The molecule has 2 heteroatoms. The highest BCUT2D eigenvalue weighted by atomic mass is 15.2. The Hall–Kier alpha value is -0.0800. The van der Waals surface area contributed by atoms with E-state index in [9.17, 15) is 0 Å². The fourth-order valence-corrected chi connectivity index (χ4v) is 4.53. The standard InChI is InChI=1S/C19H40N2/c1-7-17-8-10-18(11-9-17)21(6)19(14-20,12-15(2)3)13-16(4)5/h15-18H,7-14,20H2,1-6H3. The predicted molar refractivity (Wildman–Crippen MR) is 94.5 cm³/mol. The van der Waals surface area contributed by atoms with Gasteiger partial charge in [-0.1, -0.05) is 41.0 Å². The van der Waals surface area contributed by atoms with Crippen LogP contribution in [0.2, 0.25) is 0 Å². The Kier molecular flexibility index (Phi) is 7.70. The number of likely N-dealkylation sites (N-methyl/N-ethyl adjacent to an activating group) is 1. The molecule has 0 bridgehead atoms. The third kappa shape index (κ3) is 5.25. The molecule has 0 spiro atoms. The van der Waals surface area contributed by atoms with Crippen LogP contribution in [0.5, 0.6) is 0 Å². The van der Waals surface area contributed by atoms with Gasteiger partial charge in [0.2, 0.25) is 0 Å². The highest BCUT2D eigenvalue weighted by molar-refractivity contribution is 4.96. The molecule has 0 aromatic rings. The Bertz CT molecular complexity index is 267. The number of nitrogens with zero attached hydrogens (tertiary/aromatic N) is 1. The molecule has 0 aromatic carbocycles. The van der Waals surface area contributed by atoms with Gasteiger partial charge in [-0.25, -0.2) is 0 Å². The molecule has 0 aromatic heterocycles. The SMILES string of the molecule is CCC1CCC(N(C)C(CN)(CC(C)C)CC(C)C)CC1. The molecule has 0 saturated heterocycles. The van der Waals surface area contributed by atoms with Crippen molar-refractivity contribution in [3.63, 3.8) is 0 Å². The van der Waals surface area contributed by atoms with E-state index in [1.54, 1.807) is 0 Å². The van der Waals surface area contributed by atoms with Crippen molar-refractivity contribution >= 4 is 0 Å². The lowest BCUT2D eigenvalue weighted by Crippen LogP contribution is -2.57. The Labute approximate surface area is 133 Å². The molecule has 0 unspecified atom stereocenters. The van der Waals surface area contributed by atoms with Crippen molar-refractivity contribution in [1.82, 2.24) is 4.90 Å². The average Bonchev–Trinajstić information content (AvgIpc) is 2.44. The van der Waals surface area contributed by atoms with Crippen molar-refractivity contribution in [2.24, 2.45) is 23.5 Å². The second-order valence-electron chi connectivity index (χ2n) is 8.32. The number of hydrogen-bond acceptors (Lipinski definition) is 2. The second-order valence-corrected chi connectivity index (χ2v) is 8.32. The van der Waals surface area contributed by atoms with E-state index >= 15 is 0 Å². The molecule has 0 atom stereocenters. The van der Waals surface area contributed by atoms with Crippen molar-refractivity contribution in [2.75, 3.05) is 13.6 Å². The van der Waals surface area contributed by atoms with Crippen LogP contribution >= 0.6 is 0 Å². The molecule has 1 aliphatic rings. The molecule has 21 heavy (non-hydrogen) atoms. The smallest absolute Gasteiger partial charge is 0.0336 e. The molecular formula is C19H40N2. The molecule has 0 radical (unpaired) electrons. The van der Waals surface area contributed by atoms with Crippen LogP contribution in [-0.2, 0) is 0 Å². The van der Waals surface area contributed by atoms with Gasteiger partial charge < -0.3 is 5.73 Å². The third-order valence-corrected chi connectivity index (χ3v) is 5.65. The quantitative estimate of drug-likeness (QED) is 0.705. The summed E-state index contributed by atoms with van der Waals surface area (Å²) in [5, 5.41) is 0. The zero-order valence-corrected chi connectivity index (χ0v) is 15.5. The van der Waals surface area contributed by atoms with Gasteiger partial charge in [0.05, 0.1) is 0 Å². The van der Waals surface area contributed by atoms with Gasteiger partial charge in [0, 0.05) is 18.1 Å². The summed E-state index contributed by atoms with van der Waals surface area (Å²) in [6.07, 6.45) is 9.37. The van der Waals surface area contributed by atoms with E-state index in [4.69, 9.17) is 5.73 Å². The lowest BCUT2D eigenvalue weighted by atomic mass is 9.77. The van der Waals surface area contributed by atoms with Gasteiger partial charge in [-0.3, -0.25) is 4.90 Å². The van der Waals surface area contributed by atoms with Crippen LogP contribution in [0.25, 0.3) is 0 Å². The summed E-state index contributed by atoms with van der Waals surface area (Å²) in [6.45, 7) is 12.5. The van der Waals surface area contributed by atoms with Gasteiger partial charge in [-0.15, -0.1) is 0 Å². The number of rotatable bonds is 8. The van der Waals surface area contributed by atoms with Gasteiger partial charge in [0.25, 0.3) is 0 Å². The van der Waals surface area contributed by atoms with Crippen LogP contribution in [0, 0.1) is 17.8 Å². The average molecular weight is 297 g/mol. The third-order valence-electron chi connectivity index (χ3n) is 5.65. The van der Waals surface area contributed by atoms with Crippen molar-refractivity contribution in [1.29, 1.82) is 0 Å². The van der Waals surface area contributed by atoms with Crippen molar-refractivity contribution in [3.05, 3.63) is 0 Å². The first-order valence-corrected chi connectivity index (χ1v) is 9.27. The van der Waals surface area contributed by atoms with Gasteiger partial charge in [0.15, 0.2) is 0 Å².